The number of aliphatic hydroxyl groups excluding tert-OH is 1. The van der Waals surface area contributed by atoms with Crippen LogP contribution >= 0.6 is 0 Å². The zero-order chi connectivity index (χ0) is 15.1. The van der Waals surface area contributed by atoms with Crippen LogP contribution < -0.4 is 9.47 Å². The van der Waals surface area contributed by atoms with Gasteiger partial charge in [0.1, 0.15) is 6.10 Å². The molecule has 2 atom stereocenters. The number of ether oxygens (including phenoxy) is 3. The summed E-state index contributed by atoms with van der Waals surface area (Å²) in [4.78, 5) is 0. The molecule has 0 bridgehead atoms. The summed E-state index contributed by atoms with van der Waals surface area (Å²) in [5.41, 5.74) is 0.830. The SMILES string of the molecule is CCCOc1ccc(C(O)C2CCCO2)cc1OCCC. The topological polar surface area (TPSA) is 47.9 Å². The normalized spacial score (nSPS) is 19.5. The van der Waals surface area contributed by atoms with Crippen molar-refractivity contribution in [3.63, 3.8) is 0 Å². The van der Waals surface area contributed by atoms with Crippen molar-refractivity contribution in [1.82, 2.24) is 0 Å². The van der Waals surface area contributed by atoms with E-state index >= 15 is 0 Å². The number of rotatable bonds is 8. The van der Waals surface area contributed by atoms with E-state index in [0.717, 1.165) is 43.6 Å². The predicted molar refractivity (Wildman–Crippen MR) is 81.9 cm³/mol. The van der Waals surface area contributed by atoms with Gasteiger partial charge in [0, 0.05) is 6.61 Å². The van der Waals surface area contributed by atoms with Crippen molar-refractivity contribution < 1.29 is 19.3 Å². The fraction of sp³-hybridized carbons (Fsp3) is 0.647. The van der Waals surface area contributed by atoms with E-state index in [1.807, 2.05) is 18.2 Å². The highest BCUT2D eigenvalue weighted by molar-refractivity contribution is 5.44. The second-order valence-electron chi connectivity index (χ2n) is 5.40. The molecule has 0 saturated carbocycles. The Morgan fingerprint density at radius 2 is 1.90 bits per heavy atom. The summed E-state index contributed by atoms with van der Waals surface area (Å²) in [6, 6.07) is 5.66. The minimum absolute atomic E-state index is 0.105. The Balaban J connectivity index is 2.14. The molecule has 0 amide bonds. The van der Waals surface area contributed by atoms with Crippen LogP contribution in [-0.4, -0.2) is 31.0 Å². The highest BCUT2D eigenvalue weighted by Crippen LogP contribution is 2.34. The van der Waals surface area contributed by atoms with E-state index in [1.54, 1.807) is 0 Å². The van der Waals surface area contributed by atoms with Gasteiger partial charge in [0.2, 0.25) is 0 Å². The van der Waals surface area contributed by atoms with E-state index in [9.17, 15) is 5.11 Å². The first-order valence-electron chi connectivity index (χ1n) is 7.95. The lowest BCUT2D eigenvalue weighted by Crippen LogP contribution is -2.17. The highest BCUT2D eigenvalue weighted by atomic mass is 16.5. The summed E-state index contributed by atoms with van der Waals surface area (Å²) < 4.78 is 17.0. The smallest absolute Gasteiger partial charge is 0.161 e. The highest BCUT2D eigenvalue weighted by Gasteiger charge is 2.26. The monoisotopic (exact) mass is 294 g/mol. The van der Waals surface area contributed by atoms with Gasteiger partial charge in [-0.1, -0.05) is 19.9 Å². The maximum absolute atomic E-state index is 10.4. The number of benzene rings is 1. The Morgan fingerprint density at radius 3 is 2.52 bits per heavy atom. The van der Waals surface area contributed by atoms with Gasteiger partial charge in [-0.3, -0.25) is 0 Å². The average Bonchev–Trinajstić information content (AvgIpc) is 3.04. The van der Waals surface area contributed by atoms with Crippen molar-refractivity contribution in [3.05, 3.63) is 23.8 Å². The lowest BCUT2D eigenvalue weighted by Gasteiger charge is -2.20. The second-order valence-corrected chi connectivity index (χ2v) is 5.40. The van der Waals surface area contributed by atoms with Crippen LogP contribution in [0.3, 0.4) is 0 Å². The van der Waals surface area contributed by atoms with Crippen LogP contribution in [0.4, 0.5) is 0 Å². The molecule has 1 aliphatic heterocycles. The molecule has 0 spiro atoms. The van der Waals surface area contributed by atoms with E-state index in [0.29, 0.717) is 19.0 Å². The summed E-state index contributed by atoms with van der Waals surface area (Å²) >= 11 is 0. The molecule has 1 aromatic carbocycles. The Morgan fingerprint density at radius 1 is 1.19 bits per heavy atom. The second kappa shape index (κ2) is 8.25. The molecule has 21 heavy (non-hydrogen) atoms. The van der Waals surface area contributed by atoms with Gasteiger partial charge >= 0.3 is 0 Å². The van der Waals surface area contributed by atoms with Gasteiger partial charge in [0.15, 0.2) is 11.5 Å². The molecule has 2 rings (SSSR count). The largest absolute Gasteiger partial charge is 0.490 e. The molecule has 0 aliphatic carbocycles. The Kier molecular flexibility index (Phi) is 6.33. The number of aliphatic hydroxyl groups is 1. The lowest BCUT2D eigenvalue weighted by atomic mass is 10.0. The van der Waals surface area contributed by atoms with Gasteiger partial charge in [-0.15, -0.1) is 0 Å². The number of hydrogen-bond acceptors (Lipinski definition) is 4. The molecule has 1 N–H and O–H groups in total. The third-order valence-electron chi connectivity index (χ3n) is 3.55. The molecular weight excluding hydrogens is 268 g/mol. The number of hydrogen-bond donors (Lipinski definition) is 1. The van der Waals surface area contributed by atoms with Gasteiger partial charge in [0.05, 0.1) is 19.3 Å². The third-order valence-corrected chi connectivity index (χ3v) is 3.55. The molecule has 4 heteroatoms. The van der Waals surface area contributed by atoms with Crippen LogP contribution in [0.1, 0.15) is 51.2 Å². The van der Waals surface area contributed by atoms with Gasteiger partial charge in [0.25, 0.3) is 0 Å². The van der Waals surface area contributed by atoms with Crippen LogP contribution in [0.5, 0.6) is 11.5 Å². The minimum Gasteiger partial charge on any atom is -0.490 e. The molecule has 1 aromatic rings. The molecule has 1 aliphatic rings. The Bertz CT molecular complexity index is 427. The first-order chi connectivity index (χ1) is 10.3. The average molecular weight is 294 g/mol. The molecule has 4 nitrogen and oxygen atoms in total. The molecule has 0 aromatic heterocycles. The van der Waals surface area contributed by atoms with Gasteiger partial charge in [-0.2, -0.15) is 0 Å². The van der Waals surface area contributed by atoms with E-state index in [1.165, 1.54) is 0 Å². The van der Waals surface area contributed by atoms with Crippen LogP contribution in [0.15, 0.2) is 18.2 Å². The Hall–Kier alpha value is -1.26. The predicted octanol–water partition coefficient (Wildman–Crippen LogP) is 3.48. The van der Waals surface area contributed by atoms with Gasteiger partial charge in [-0.05, 0) is 43.4 Å². The summed E-state index contributed by atoms with van der Waals surface area (Å²) in [6.45, 7) is 6.18. The van der Waals surface area contributed by atoms with Crippen molar-refractivity contribution >= 4 is 0 Å². The summed E-state index contributed by atoms with van der Waals surface area (Å²) in [6.07, 6.45) is 3.10. The minimum atomic E-state index is -0.600. The van der Waals surface area contributed by atoms with Crippen LogP contribution in [0.25, 0.3) is 0 Å². The van der Waals surface area contributed by atoms with E-state index in [4.69, 9.17) is 14.2 Å². The van der Waals surface area contributed by atoms with Gasteiger partial charge in [-0.25, -0.2) is 0 Å². The molecule has 118 valence electrons. The molecule has 2 unspecified atom stereocenters. The van der Waals surface area contributed by atoms with Crippen molar-refractivity contribution in [2.24, 2.45) is 0 Å². The summed E-state index contributed by atoms with van der Waals surface area (Å²) in [5, 5.41) is 10.4. The van der Waals surface area contributed by atoms with Crippen LogP contribution in [0, 0.1) is 0 Å². The lowest BCUT2D eigenvalue weighted by molar-refractivity contribution is -0.00271. The zero-order valence-corrected chi connectivity index (χ0v) is 13.0. The van der Waals surface area contributed by atoms with Crippen molar-refractivity contribution in [2.75, 3.05) is 19.8 Å². The molecule has 1 heterocycles. The quantitative estimate of drug-likeness (QED) is 0.797. The van der Waals surface area contributed by atoms with Crippen molar-refractivity contribution in [2.45, 2.75) is 51.7 Å². The summed E-state index contributed by atoms with van der Waals surface area (Å²) in [5.74, 6) is 1.45. The summed E-state index contributed by atoms with van der Waals surface area (Å²) in [7, 11) is 0. The van der Waals surface area contributed by atoms with Gasteiger partial charge < -0.3 is 19.3 Å². The molecule has 1 saturated heterocycles. The maximum Gasteiger partial charge on any atom is 0.161 e. The van der Waals surface area contributed by atoms with Crippen LogP contribution in [0.2, 0.25) is 0 Å². The van der Waals surface area contributed by atoms with E-state index in [2.05, 4.69) is 13.8 Å². The van der Waals surface area contributed by atoms with E-state index in [-0.39, 0.29) is 6.10 Å². The van der Waals surface area contributed by atoms with E-state index < -0.39 is 6.10 Å². The fourth-order valence-electron chi connectivity index (χ4n) is 2.43. The van der Waals surface area contributed by atoms with Crippen LogP contribution in [-0.2, 0) is 4.74 Å². The fourth-order valence-corrected chi connectivity index (χ4v) is 2.43. The first-order valence-corrected chi connectivity index (χ1v) is 7.95. The van der Waals surface area contributed by atoms with Crippen molar-refractivity contribution in [3.8, 4) is 11.5 Å². The zero-order valence-electron chi connectivity index (χ0n) is 13.0. The first kappa shape index (κ1) is 16.1. The Labute approximate surface area is 127 Å². The molecule has 0 radical (unpaired) electrons. The third kappa shape index (κ3) is 4.35. The standard InChI is InChI=1S/C17H26O4/c1-3-9-19-14-8-7-13(12-16(14)20-10-4-2)17(18)15-6-5-11-21-15/h7-8,12,15,17-18H,3-6,9-11H2,1-2H3. The molecular formula is C17H26O4. The maximum atomic E-state index is 10.4. The molecule has 1 fully saturated rings. The van der Waals surface area contributed by atoms with Crippen molar-refractivity contribution in [1.29, 1.82) is 0 Å².